The van der Waals surface area contributed by atoms with Gasteiger partial charge < -0.3 is 19.7 Å². The number of nitrogens with one attached hydrogen (secondary N) is 2. The molecule has 0 saturated carbocycles. The second-order valence-electron chi connectivity index (χ2n) is 8.10. The Kier molecular flexibility index (Phi) is 6.31. The Labute approximate surface area is 195 Å². The van der Waals surface area contributed by atoms with Crippen molar-refractivity contribution in [3.05, 3.63) is 76.9 Å². The van der Waals surface area contributed by atoms with Gasteiger partial charge in [0.1, 0.15) is 23.8 Å². The van der Waals surface area contributed by atoms with Crippen molar-refractivity contribution in [2.75, 3.05) is 13.7 Å². The Balaban J connectivity index is 1.78. The van der Waals surface area contributed by atoms with E-state index in [1.165, 1.54) is 12.0 Å². The molecule has 1 aliphatic heterocycles. The Morgan fingerprint density at radius 1 is 1.32 bits per heavy atom. The van der Waals surface area contributed by atoms with Crippen LogP contribution in [0.3, 0.4) is 0 Å². The number of rotatable bonds is 7. The van der Waals surface area contributed by atoms with Gasteiger partial charge in [-0.25, -0.2) is 9.36 Å². The SMILES string of the molecule is COC(=O)c1[nH]c(C)c(C(O)=C2C(=O)C(=O)N(CCC[n+]3cc[nH]c3)C2c2cccnc2)c1C. The number of methoxy groups -OCH3 is 1. The smallest absolute Gasteiger partial charge is 0.354 e. The van der Waals surface area contributed by atoms with Gasteiger partial charge in [0.25, 0.3) is 11.7 Å². The van der Waals surface area contributed by atoms with Gasteiger partial charge in [-0.05, 0) is 31.0 Å². The number of nitrogens with zero attached hydrogens (tertiary/aromatic N) is 3. The van der Waals surface area contributed by atoms with Crippen LogP contribution in [0, 0.1) is 13.8 Å². The quantitative estimate of drug-likeness (QED) is 0.161. The van der Waals surface area contributed by atoms with Crippen LogP contribution >= 0.6 is 0 Å². The molecule has 1 saturated heterocycles. The fourth-order valence-electron chi connectivity index (χ4n) is 4.42. The minimum atomic E-state index is -0.805. The summed E-state index contributed by atoms with van der Waals surface area (Å²) in [7, 11) is 1.26. The van der Waals surface area contributed by atoms with Gasteiger partial charge in [-0.1, -0.05) is 6.07 Å². The van der Waals surface area contributed by atoms with Gasteiger partial charge in [-0.3, -0.25) is 19.6 Å². The number of carbonyl (C=O) groups excluding carboxylic acids is 3. The summed E-state index contributed by atoms with van der Waals surface area (Å²) in [5.74, 6) is -2.39. The van der Waals surface area contributed by atoms with Crippen LogP contribution in [0.4, 0.5) is 0 Å². The molecule has 0 radical (unpaired) electrons. The topological polar surface area (TPSA) is 132 Å². The third-order valence-corrected chi connectivity index (χ3v) is 6.02. The number of H-pyrrole nitrogens is 2. The van der Waals surface area contributed by atoms with Crippen LogP contribution < -0.4 is 4.57 Å². The molecular weight excluding hydrogens is 438 g/mol. The van der Waals surface area contributed by atoms with E-state index in [1.54, 1.807) is 44.6 Å². The van der Waals surface area contributed by atoms with Crippen molar-refractivity contribution in [1.29, 1.82) is 0 Å². The Bertz CT molecular complexity index is 1260. The number of pyridine rings is 1. The van der Waals surface area contributed by atoms with Crippen LogP contribution in [0.25, 0.3) is 5.76 Å². The highest BCUT2D eigenvalue weighted by molar-refractivity contribution is 6.46. The average Bonchev–Trinajstić information content (AvgIpc) is 3.52. The van der Waals surface area contributed by atoms with Crippen LogP contribution in [0.1, 0.15) is 45.3 Å². The first-order valence-corrected chi connectivity index (χ1v) is 10.8. The third-order valence-electron chi connectivity index (χ3n) is 6.02. The van der Waals surface area contributed by atoms with Crippen molar-refractivity contribution in [2.45, 2.75) is 32.9 Å². The number of hydrogen-bond acceptors (Lipinski definition) is 6. The van der Waals surface area contributed by atoms with Gasteiger partial charge in [-0.15, -0.1) is 0 Å². The molecule has 1 fully saturated rings. The van der Waals surface area contributed by atoms with E-state index in [0.717, 1.165) is 0 Å². The van der Waals surface area contributed by atoms with E-state index in [1.807, 2.05) is 17.1 Å². The number of likely N-dealkylation sites (tertiary alicyclic amines) is 1. The number of amides is 1. The van der Waals surface area contributed by atoms with E-state index in [0.29, 0.717) is 41.9 Å². The molecule has 34 heavy (non-hydrogen) atoms. The summed E-state index contributed by atoms with van der Waals surface area (Å²) >= 11 is 0. The summed E-state index contributed by atoms with van der Waals surface area (Å²) < 4.78 is 6.74. The molecule has 3 N–H and O–H groups in total. The molecule has 1 amide bonds. The molecule has 0 aromatic carbocycles. The van der Waals surface area contributed by atoms with Gasteiger partial charge >= 0.3 is 5.97 Å². The summed E-state index contributed by atoms with van der Waals surface area (Å²) in [6, 6.07) is 2.68. The average molecular weight is 465 g/mol. The predicted octanol–water partition coefficient (Wildman–Crippen LogP) is 1.94. The van der Waals surface area contributed by atoms with Crippen molar-refractivity contribution in [2.24, 2.45) is 0 Å². The Morgan fingerprint density at radius 2 is 2.12 bits per heavy atom. The van der Waals surface area contributed by atoms with Crippen molar-refractivity contribution in [3.63, 3.8) is 0 Å². The summed E-state index contributed by atoms with van der Waals surface area (Å²) in [5.41, 5.74) is 1.97. The van der Waals surface area contributed by atoms with E-state index in [-0.39, 0.29) is 17.0 Å². The van der Waals surface area contributed by atoms with E-state index in [9.17, 15) is 19.5 Å². The first kappa shape index (κ1) is 23.0. The highest BCUT2D eigenvalue weighted by atomic mass is 16.5. The minimum absolute atomic E-state index is 0.0334. The molecule has 4 heterocycles. The summed E-state index contributed by atoms with van der Waals surface area (Å²) in [5, 5.41) is 11.3. The number of ether oxygens (including phenoxy) is 1. The Hall–Kier alpha value is -4.21. The molecule has 0 spiro atoms. The Morgan fingerprint density at radius 3 is 2.76 bits per heavy atom. The third kappa shape index (κ3) is 3.98. The normalized spacial score (nSPS) is 17.4. The van der Waals surface area contributed by atoms with Gasteiger partial charge in [-0.2, -0.15) is 0 Å². The maximum atomic E-state index is 13.2. The summed E-state index contributed by atoms with van der Waals surface area (Å²) in [6.07, 6.45) is 9.26. The summed E-state index contributed by atoms with van der Waals surface area (Å²) in [6.45, 7) is 4.27. The van der Waals surface area contributed by atoms with Gasteiger partial charge in [0.2, 0.25) is 6.33 Å². The van der Waals surface area contributed by atoms with Crippen LogP contribution in [-0.2, 0) is 20.9 Å². The number of carbonyl (C=O) groups is 3. The molecule has 4 rings (SSSR count). The maximum absolute atomic E-state index is 13.2. The molecule has 1 aliphatic rings. The number of aliphatic hydroxyl groups is 1. The zero-order valence-corrected chi connectivity index (χ0v) is 19.2. The molecule has 10 heteroatoms. The lowest BCUT2D eigenvalue weighted by atomic mass is 9.95. The van der Waals surface area contributed by atoms with Crippen LogP contribution in [-0.4, -0.2) is 56.3 Å². The molecule has 0 aliphatic carbocycles. The maximum Gasteiger partial charge on any atom is 0.354 e. The number of aromatic nitrogens is 4. The second kappa shape index (κ2) is 9.34. The number of aryl methyl sites for hydroxylation is 2. The number of imidazole rings is 1. The number of hydrogen-bond donors (Lipinski definition) is 3. The monoisotopic (exact) mass is 464 g/mol. The standard InChI is InChI=1S/C24H25N5O5/c1-14-17(15(2)27-19(14)24(33)34-3)21(30)18-20(16-6-4-7-25-12-16)29(23(32)22(18)31)10-5-9-28-11-8-26-13-28/h4,6-8,11-13,20H,5,9-10H2,1-3H3,(H2,27,30,31,33)/p+1. The van der Waals surface area contributed by atoms with Crippen molar-refractivity contribution >= 4 is 23.4 Å². The number of esters is 1. The fourth-order valence-corrected chi connectivity index (χ4v) is 4.42. The lowest BCUT2D eigenvalue weighted by Crippen LogP contribution is -2.36. The highest BCUT2D eigenvalue weighted by Gasteiger charge is 2.46. The minimum Gasteiger partial charge on any atom is -0.507 e. The second-order valence-corrected chi connectivity index (χ2v) is 8.10. The first-order chi connectivity index (χ1) is 16.3. The van der Waals surface area contributed by atoms with Crippen LogP contribution in [0.2, 0.25) is 0 Å². The molecular formula is C24H26N5O5+. The number of ketones is 1. The van der Waals surface area contributed by atoms with Gasteiger partial charge in [0.05, 0.1) is 25.3 Å². The zero-order chi connectivity index (χ0) is 24.4. The summed E-state index contributed by atoms with van der Waals surface area (Å²) in [4.78, 5) is 49.9. The molecule has 10 nitrogen and oxygen atoms in total. The first-order valence-electron chi connectivity index (χ1n) is 10.8. The largest absolute Gasteiger partial charge is 0.507 e. The fraction of sp³-hybridized carbons (Fsp3) is 0.292. The van der Waals surface area contributed by atoms with E-state index in [2.05, 4.69) is 15.0 Å². The van der Waals surface area contributed by atoms with Crippen molar-refractivity contribution in [1.82, 2.24) is 19.9 Å². The molecule has 0 bridgehead atoms. The van der Waals surface area contributed by atoms with Crippen LogP contribution in [0.15, 0.2) is 48.8 Å². The number of aliphatic hydroxyl groups excluding tert-OH is 1. The van der Waals surface area contributed by atoms with Crippen LogP contribution in [0.5, 0.6) is 0 Å². The number of aromatic amines is 2. The highest BCUT2D eigenvalue weighted by Crippen LogP contribution is 2.40. The molecule has 3 aromatic heterocycles. The molecule has 176 valence electrons. The molecule has 1 unspecified atom stereocenters. The van der Waals surface area contributed by atoms with Gasteiger partial charge in [0, 0.05) is 36.6 Å². The number of Topliss-reactive ketones (excluding diaryl/α,β-unsaturated/α-hetero) is 1. The lowest BCUT2D eigenvalue weighted by molar-refractivity contribution is -0.695. The molecule has 3 aromatic rings. The van der Waals surface area contributed by atoms with E-state index in [4.69, 9.17) is 4.74 Å². The van der Waals surface area contributed by atoms with Gasteiger partial charge in [0.15, 0.2) is 0 Å². The zero-order valence-electron chi connectivity index (χ0n) is 19.2. The van der Waals surface area contributed by atoms with E-state index >= 15 is 0 Å². The van der Waals surface area contributed by atoms with Crippen molar-refractivity contribution in [3.8, 4) is 0 Å². The van der Waals surface area contributed by atoms with Crippen molar-refractivity contribution < 1.29 is 28.8 Å². The lowest BCUT2D eigenvalue weighted by Gasteiger charge is -2.24. The van der Waals surface area contributed by atoms with E-state index < -0.39 is 23.7 Å². The molecule has 1 atom stereocenters. The predicted molar refractivity (Wildman–Crippen MR) is 120 cm³/mol.